The first kappa shape index (κ1) is 25.1. The molecule has 0 aliphatic heterocycles. The van der Waals surface area contributed by atoms with Gasteiger partial charge in [-0.2, -0.15) is 0 Å². The summed E-state index contributed by atoms with van der Waals surface area (Å²) in [6.07, 6.45) is -0.0625. The molecule has 10 heteroatoms. The lowest BCUT2D eigenvalue weighted by Gasteiger charge is -2.12. The first-order valence-electron chi connectivity index (χ1n) is 9.79. The maximum absolute atomic E-state index is 12.0. The average molecular weight is 477 g/mol. The molecular formula is C22H25ClN4O4S. The van der Waals surface area contributed by atoms with Crippen LogP contribution in [-0.4, -0.2) is 29.4 Å². The van der Waals surface area contributed by atoms with Crippen LogP contribution in [0, 0.1) is 20.8 Å². The highest BCUT2D eigenvalue weighted by Gasteiger charge is 2.10. The van der Waals surface area contributed by atoms with Gasteiger partial charge in [0.1, 0.15) is 5.75 Å². The summed E-state index contributed by atoms with van der Waals surface area (Å²) in [7, 11) is 0. The minimum absolute atomic E-state index is 0.00611. The Hall–Kier alpha value is -3.17. The number of anilines is 1. The van der Waals surface area contributed by atoms with Crippen LogP contribution < -0.4 is 26.2 Å². The maximum atomic E-state index is 12.0. The zero-order chi connectivity index (χ0) is 23.7. The van der Waals surface area contributed by atoms with E-state index >= 15 is 0 Å². The van der Waals surface area contributed by atoms with E-state index in [0.717, 1.165) is 16.7 Å². The van der Waals surface area contributed by atoms with E-state index in [2.05, 4.69) is 21.5 Å². The topological polar surface area (TPSA) is 109 Å². The highest BCUT2D eigenvalue weighted by Crippen LogP contribution is 2.21. The van der Waals surface area contributed by atoms with Crippen molar-refractivity contribution in [2.75, 3.05) is 11.9 Å². The molecule has 0 bridgehead atoms. The Bertz CT molecular complexity index is 1030. The van der Waals surface area contributed by atoms with Gasteiger partial charge in [0.25, 0.3) is 5.91 Å². The molecule has 0 unspecified atom stereocenters. The van der Waals surface area contributed by atoms with Gasteiger partial charge in [-0.15, -0.1) is 0 Å². The minimum atomic E-state index is -0.501. The molecular weight excluding hydrogens is 452 g/mol. The molecule has 0 aromatic heterocycles. The Kier molecular flexibility index (Phi) is 9.42. The molecule has 0 aliphatic rings. The summed E-state index contributed by atoms with van der Waals surface area (Å²) in [6, 6.07) is 10.6. The van der Waals surface area contributed by atoms with Gasteiger partial charge < -0.3 is 10.1 Å². The number of rotatable bonds is 7. The number of nitrogens with one attached hydrogen (secondary N) is 4. The molecule has 8 nitrogen and oxygen atoms in total. The van der Waals surface area contributed by atoms with Crippen molar-refractivity contribution in [3.8, 4) is 5.75 Å². The van der Waals surface area contributed by atoms with E-state index in [1.165, 1.54) is 0 Å². The van der Waals surface area contributed by atoms with Crippen molar-refractivity contribution in [2.24, 2.45) is 0 Å². The first-order chi connectivity index (χ1) is 15.1. The fourth-order valence-corrected chi connectivity index (χ4v) is 2.96. The molecule has 0 heterocycles. The van der Waals surface area contributed by atoms with Crippen LogP contribution in [0.2, 0.25) is 5.02 Å². The van der Waals surface area contributed by atoms with Crippen LogP contribution in [0.25, 0.3) is 0 Å². The molecule has 0 saturated heterocycles. The molecule has 0 aliphatic carbocycles. The van der Waals surface area contributed by atoms with Gasteiger partial charge in [0, 0.05) is 23.6 Å². The number of halogens is 1. The minimum Gasteiger partial charge on any atom is -0.483 e. The van der Waals surface area contributed by atoms with E-state index in [4.69, 9.17) is 28.6 Å². The van der Waals surface area contributed by atoms with E-state index in [9.17, 15) is 14.4 Å². The molecule has 2 aromatic rings. The zero-order valence-electron chi connectivity index (χ0n) is 18.0. The predicted octanol–water partition coefficient (Wildman–Crippen LogP) is 3.08. The van der Waals surface area contributed by atoms with Crippen LogP contribution in [0.5, 0.6) is 5.75 Å². The fraction of sp³-hybridized carbons (Fsp3) is 0.273. The smallest absolute Gasteiger partial charge is 0.264 e. The van der Waals surface area contributed by atoms with Gasteiger partial charge >= 0.3 is 0 Å². The molecule has 4 N–H and O–H groups in total. The van der Waals surface area contributed by atoms with Crippen LogP contribution in [-0.2, 0) is 14.4 Å². The number of thiocarbonyl (C=S) groups is 1. The van der Waals surface area contributed by atoms with Crippen molar-refractivity contribution in [3.63, 3.8) is 0 Å². The van der Waals surface area contributed by atoms with E-state index < -0.39 is 11.8 Å². The van der Waals surface area contributed by atoms with Crippen LogP contribution >= 0.6 is 23.8 Å². The van der Waals surface area contributed by atoms with Crippen molar-refractivity contribution in [3.05, 3.63) is 58.1 Å². The Morgan fingerprint density at radius 3 is 2.28 bits per heavy atom. The quantitative estimate of drug-likeness (QED) is 0.361. The van der Waals surface area contributed by atoms with Crippen molar-refractivity contribution in [1.82, 2.24) is 16.2 Å². The van der Waals surface area contributed by atoms with Gasteiger partial charge in [-0.05, 0) is 80.0 Å². The first-order valence-corrected chi connectivity index (χ1v) is 10.6. The van der Waals surface area contributed by atoms with Crippen LogP contribution in [0.15, 0.2) is 36.4 Å². The molecule has 2 aromatic carbocycles. The van der Waals surface area contributed by atoms with Crippen LogP contribution in [0.3, 0.4) is 0 Å². The normalized spacial score (nSPS) is 10.1. The fourth-order valence-electron chi connectivity index (χ4n) is 2.57. The Morgan fingerprint density at radius 2 is 1.59 bits per heavy atom. The SMILES string of the molecule is Cc1ccc(NC(=O)CCC(=O)NNC(=S)NC(=O)COc2ccc(Cl)cc2C)cc1C. The van der Waals surface area contributed by atoms with Gasteiger partial charge in [0.05, 0.1) is 0 Å². The van der Waals surface area contributed by atoms with Gasteiger partial charge in [0.15, 0.2) is 11.7 Å². The molecule has 32 heavy (non-hydrogen) atoms. The Balaban J connectivity index is 1.65. The van der Waals surface area contributed by atoms with Crippen molar-refractivity contribution < 1.29 is 19.1 Å². The summed E-state index contributed by atoms with van der Waals surface area (Å²) in [6.45, 7) is 5.48. The van der Waals surface area contributed by atoms with Gasteiger partial charge in [-0.3, -0.25) is 30.6 Å². The number of hydrazine groups is 1. The molecule has 0 saturated carbocycles. The standard InChI is InChI=1S/C22H25ClN4O4S/c1-13-4-6-17(11-14(13)2)24-19(28)8-9-20(29)26-27-22(32)25-21(30)12-31-18-7-5-16(23)10-15(18)3/h4-7,10-11H,8-9,12H2,1-3H3,(H,24,28)(H,26,29)(H2,25,27,30,32). The summed E-state index contributed by atoms with van der Waals surface area (Å²) >= 11 is 10.8. The van der Waals surface area contributed by atoms with E-state index in [-0.39, 0.29) is 30.5 Å². The van der Waals surface area contributed by atoms with Crippen molar-refractivity contribution in [2.45, 2.75) is 33.6 Å². The number of hydrogen-bond acceptors (Lipinski definition) is 5. The molecule has 2 rings (SSSR count). The number of amides is 3. The monoisotopic (exact) mass is 476 g/mol. The van der Waals surface area contributed by atoms with Crippen molar-refractivity contribution in [1.29, 1.82) is 0 Å². The molecule has 0 spiro atoms. The molecule has 0 radical (unpaired) electrons. The predicted molar refractivity (Wildman–Crippen MR) is 127 cm³/mol. The third-order valence-electron chi connectivity index (χ3n) is 4.43. The number of aryl methyl sites for hydroxylation is 3. The number of carbonyl (C=O) groups is 3. The number of carbonyl (C=O) groups excluding carboxylic acids is 3. The second-order valence-electron chi connectivity index (χ2n) is 7.10. The maximum Gasteiger partial charge on any atom is 0.264 e. The summed E-state index contributed by atoms with van der Waals surface area (Å²) in [5, 5.41) is 5.60. The van der Waals surface area contributed by atoms with Gasteiger partial charge in [-0.1, -0.05) is 17.7 Å². The van der Waals surface area contributed by atoms with Crippen molar-refractivity contribution >= 4 is 52.3 Å². The lowest BCUT2D eigenvalue weighted by molar-refractivity contribution is -0.125. The third kappa shape index (κ3) is 8.52. The molecule has 0 atom stereocenters. The van der Waals surface area contributed by atoms with Gasteiger partial charge in [0.2, 0.25) is 11.8 Å². The lowest BCUT2D eigenvalue weighted by atomic mass is 10.1. The van der Waals surface area contributed by atoms with Crippen LogP contribution in [0.4, 0.5) is 5.69 Å². The Morgan fingerprint density at radius 1 is 0.875 bits per heavy atom. The summed E-state index contributed by atoms with van der Waals surface area (Å²) in [5.74, 6) is -0.714. The van der Waals surface area contributed by atoms with E-state index in [0.29, 0.717) is 16.5 Å². The van der Waals surface area contributed by atoms with Crippen LogP contribution in [0.1, 0.15) is 29.5 Å². The molecule has 170 valence electrons. The average Bonchev–Trinajstić information content (AvgIpc) is 2.73. The Labute approximate surface area is 197 Å². The second kappa shape index (κ2) is 12.0. The summed E-state index contributed by atoms with van der Waals surface area (Å²) in [5.41, 5.74) is 8.41. The highest BCUT2D eigenvalue weighted by atomic mass is 35.5. The number of hydrogen-bond donors (Lipinski definition) is 4. The summed E-state index contributed by atoms with van der Waals surface area (Å²) in [4.78, 5) is 35.8. The van der Waals surface area contributed by atoms with E-state index in [1.807, 2.05) is 32.9 Å². The largest absolute Gasteiger partial charge is 0.483 e. The summed E-state index contributed by atoms with van der Waals surface area (Å²) < 4.78 is 5.42. The molecule has 3 amide bonds. The number of benzene rings is 2. The third-order valence-corrected chi connectivity index (χ3v) is 4.87. The molecule has 0 fully saturated rings. The lowest BCUT2D eigenvalue weighted by Crippen LogP contribution is -2.49. The highest BCUT2D eigenvalue weighted by molar-refractivity contribution is 7.80. The van der Waals surface area contributed by atoms with Gasteiger partial charge in [-0.25, -0.2) is 0 Å². The van der Waals surface area contributed by atoms with E-state index in [1.54, 1.807) is 24.3 Å². The zero-order valence-corrected chi connectivity index (χ0v) is 19.6. The second-order valence-corrected chi connectivity index (χ2v) is 7.94. The number of ether oxygens (including phenoxy) is 1.